The summed E-state index contributed by atoms with van der Waals surface area (Å²) in [6, 6.07) is 7.01. The molecule has 1 unspecified atom stereocenters. The monoisotopic (exact) mass is 276 g/mol. The fraction of sp³-hybridized carbons (Fsp3) is 0.400. The van der Waals surface area contributed by atoms with Crippen LogP contribution in [0.5, 0.6) is 5.75 Å². The van der Waals surface area contributed by atoms with Gasteiger partial charge in [-0.3, -0.25) is 0 Å². The van der Waals surface area contributed by atoms with E-state index >= 15 is 0 Å². The first-order valence-electron chi connectivity index (χ1n) is 6.55. The Morgan fingerprint density at radius 1 is 1.35 bits per heavy atom. The van der Waals surface area contributed by atoms with Crippen molar-refractivity contribution in [1.29, 1.82) is 0 Å². The van der Waals surface area contributed by atoms with Gasteiger partial charge in [0.05, 0.1) is 5.60 Å². The van der Waals surface area contributed by atoms with E-state index in [4.69, 9.17) is 4.74 Å². The fourth-order valence-electron chi connectivity index (χ4n) is 1.98. The Morgan fingerprint density at radius 3 is 2.90 bits per heavy atom. The Kier molecular flexibility index (Phi) is 4.42. The Morgan fingerprint density at radius 2 is 2.15 bits per heavy atom. The number of benzene rings is 1. The number of methoxy groups -OCH3 is 1. The molecule has 3 N–H and O–H groups in total. The Balaban J connectivity index is 2.15. The lowest BCUT2D eigenvalue weighted by atomic mass is 10.0. The van der Waals surface area contributed by atoms with Crippen LogP contribution in [0.1, 0.15) is 13.3 Å². The molecule has 5 nitrogen and oxygen atoms in total. The lowest BCUT2D eigenvalue weighted by molar-refractivity contribution is 0.0357. The van der Waals surface area contributed by atoms with Crippen LogP contribution in [-0.2, 0) is 4.74 Å². The third kappa shape index (κ3) is 3.59. The minimum atomic E-state index is -0.878. The van der Waals surface area contributed by atoms with Crippen molar-refractivity contribution in [2.24, 2.45) is 0 Å². The molecule has 1 atom stereocenters. The summed E-state index contributed by atoms with van der Waals surface area (Å²) >= 11 is 0. The molecule has 0 bridgehead atoms. The van der Waals surface area contributed by atoms with Crippen LogP contribution in [0.4, 0.5) is 5.82 Å². The second kappa shape index (κ2) is 6.07. The van der Waals surface area contributed by atoms with Crippen LogP contribution >= 0.6 is 0 Å². The number of anilines is 1. The molecule has 5 heteroatoms. The number of ether oxygens (including phenoxy) is 1. The van der Waals surface area contributed by atoms with Gasteiger partial charge in [-0.2, -0.15) is 0 Å². The lowest BCUT2D eigenvalue weighted by Crippen LogP contribution is -2.34. The molecule has 108 valence electrons. The first-order valence-corrected chi connectivity index (χ1v) is 6.55. The summed E-state index contributed by atoms with van der Waals surface area (Å²) in [4.78, 5) is 4.27. The molecular weight excluding hydrogens is 256 g/mol. The van der Waals surface area contributed by atoms with Gasteiger partial charge in [0.1, 0.15) is 11.6 Å². The van der Waals surface area contributed by atoms with Gasteiger partial charge in [0.25, 0.3) is 0 Å². The predicted octanol–water partition coefficient (Wildman–Crippen LogP) is 2.14. The lowest BCUT2D eigenvalue weighted by Gasteiger charge is -2.23. The number of nitrogens with one attached hydrogen (secondary N) is 1. The molecule has 0 aliphatic carbocycles. The number of rotatable bonds is 6. The van der Waals surface area contributed by atoms with Crippen LogP contribution in [0.2, 0.25) is 0 Å². The molecule has 0 aliphatic rings. The minimum absolute atomic E-state index is 0.194. The smallest absolute Gasteiger partial charge is 0.134 e. The highest BCUT2D eigenvalue weighted by atomic mass is 16.5. The Bertz CT molecular complexity index is 584. The fourth-order valence-corrected chi connectivity index (χ4v) is 1.98. The number of fused-ring (bicyclic) bond motifs is 1. The number of hydrogen-bond donors (Lipinski definition) is 3. The van der Waals surface area contributed by atoms with Crippen LogP contribution in [0.25, 0.3) is 10.8 Å². The van der Waals surface area contributed by atoms with Crippen molar-refractivity contribution in [3.05, 3.63) is 30.5 Å². The van der Waals surface area contributed by atoms with Gasteiger partial charge >= 0.3 is 0 Å². The summed E-state index contributed by atoms with van der Waals surface area (Å²) in [6.07, 6.45) is 2.23. The summed E-state index contributed by atoms with van der Waals surface area (Å²) in [5, 5.41) is 24.7. The second-order valence-electron chi connectivity index (χ2n) is 5.16. The average Bonchev–Trinajstić information content (AvgIpc) is 2.43. The van der Waals surface area contributed by atoms with Crippen LogP contribution < -0.4 is 5.32 Å². The van der Waals surface area contributed by atoms with Gasteiger partial charge < -0.3 is 20.3 Å². The van der Waals surface area contributed by atoms with Crippen molar-refractivity contribution >= 4 is 16.6 Å². The highest BCUT2D eigenvalue weighted by molar-refractivity contribution is 5.92. The predicted molar refractivity (Wildman–Crippen MR) is 79.0 cm³/mol. The number of nitrogens with zero attached hydrogens (tertiary/aromatic N) is 1. The maximum atomic E-state index is 10.2. The zero-order valence-corrected chi connectivity index (χ0v) is 11.8. The summed E-state index contributed by atoms with van der Waals surface area (Å²) in [5.41, 5.74) is -0.878. The number of aromatic nitrogens is 1. The van der Waals surface area contributed by atoms with Gasteiger partial charge in [0.15, 0.2) is 0 Å². The van der Waals surface area contributed by atoms with Crippen LogP contribution in [-0.4, -0.2) is 41.1 Å². The first-order chi connectivity index (χ1) is 9.52. The van der Waals surface area contributed by atoms with Crippen LogP contribution in [0.15, 0.2) is 30.5 Å². The molecule has 0 saturated carbocycles. The van der Waals surface area contributed by atoms with E-state index in [1.165, 1.54) is 0 Å². The number of phenols is 1. The molecule has 0 saturated heterocycles. The van der Waals surface area contributed by atoms with Crippen molar-refractivity contribution in [3.8, 4) is 5.75 Å². The molecule has 20 heavy (non-hydrogen) atoms. The van der Waals surface area contributed by atoms with E-state index in [-0.39, 0.29) is 5.75 Å². The summed E-state index contributed by atoms with van der Waals surface area (Å²) < 4.78 is 4.98. The summed E-state index contributed by atoms with van der Waals surface area (Å²) in [6.45, 7) is 2.61. The van der Waals surface area contributed by atoms with E-state index in [0.29, 0.717) is 25.4 Å². The number of aromatic hydroxyl groups is 1. The third-order valence-corrected chi connectivity index (χ3v) is 3.23. The summed E-state index contributed by atoms with van der Waals surface area (Å²) in [5.74, 6) is 0.843. The number of phenolic OH excluding ortho intramolecular Hbond substituents is 1. The van der Waals surface area contributed by atoms with Crippen molar-refractivity contribution in [3.63, 3.8) is 0 Å². The molecule has 1 aromatic carbocycles. The molecule has 1 aromatic heterocycles. The molecule has 0 fully saturated rings. The largest absolute Gasteiger partial charge is 0.508 e. The van der Waals surface area contributed by atoms with Gasteiger partial charge in [0.2, 0.25) is 0 Å². The van der Waals surface area contributed by atoms with E-state index < -0.39 is 5.60 Å². The highest BCUT2D eigenvalue weighted by Crippen LogP contribution is 2.25. The van der Waals surface area contributed by atoms with E-state index in [1.807, 2.05) is 12.1 Å². The molecule has 0 aliphatic heterocycles. The molecule has 1 heterocycles. The maximum absolute atomic E-state index is 10.2. The topological polar surface area (TPSA) is 74.6 Å². The van der Waals surface area contributed by atoms with Gasteiger partial charge in [0, 0.05) is 38.3 Å². The van der Waals surface area contributed by atoms with Gasteiger partial charge in [-0.25, -0.2) is 4.98 Å². The average molecular weight is 276 g/mol. The second-order valence-corrected chi connectivity index (χ2v) is 5.16. The normalized spacial score (nSPS) is 14.2. The molecular formula is C15H20N2O3. The van der Waals surface area contributed by atoms with Crippen molar-refractivity contribution in [2.75, 3.05) is 25.6 Å². The Labute approximate surface area is 118 Å². The van der Waals surface area contributed by atoms with Gasteiger partial charge in [-0.05, 0) is 30.5 Å². The van der Waals surface area contributed by atoms with Crippen molar-refractivity contribution in [1.82, 2.24) is 4.98 Å². The molecule has 2 rings (SSSR count). The number of hydrogen-bond acceptors (Lipinski definition) is 5. The first kappa shape index (κ1) is 14.6. The Hall–Kier alpha value is -1.85. The molecule has 0 radical (unpaired) electrons. The van der Waals surface area contributed by atoms with Crippen LogP contribution in [0, 0.1) is 0 Å². The van der Waals surface area contributed by atoms with Crippen LogP contribution in [0.3, 0.4) is 0 Å². The van der Waals surface area contributed by atoms with Crippen molar-refractivity contribution < 1.29 is 14.9 Å². The molecule has 0 spiro atoms. The van der Waals surface area contributed by atoms with E-state index in [2.05, 4.69) is 10.3 Å². The number of pyridine rings is 1. The number of aliphatic hydroxyl groups is 1. The van der Waals surface area contributed by atoms with E-state index in [1.54, 1.807) is 32.4 Å². The van der Waals surface area contributed by atoms with Gasteiger partial charge in [-0.15, -0.1) is 0 Å². The quantitative estimate of drug-likeness (QED) is 0.753. The molecule has 2 aromatic rings. The SMILES string of the molecule is COCCC(C)(O)CNc1nccc2ccc(O)cc12. The third-order valence-electron chi connectivity index (χ3n) is 3.23. The van der Waals surface area contributed by atoms with E-state index in [9.17, 15) is 10.2 Å². The molecule has 0 amide bonds. The maximum Gasteiger partial charge on any atom is 0.134 e. The highest BCUT2D eigenvalue weighted by Gasteiger charge is 2.20. The minimum Gasteiger partial charge on any atom is -0.508 e. The zero-order valence-electron chi connectivity index (χ0n) is 11.8. The van der Waals surface area contributed by atoms with Gasteiger partial charge in [-0.1, -0.05) is 6.07 Å². The zero-order chi connectivity index (χ0) is 14.6. The standard InChI is InChI=1S/C15H20N2O3/c1-15(19,6-8-20-2)10-17-14-13-9-12(18)4-3-11(13)5-7-16-14/h3-5,7,9,18-19H,6,8,10H2,1-2H3,(H,16,17). The van der Waals surface area contributed by atoms with Crippen molar-refractivity contribution in [2.45, 2.75) is 18.9 Å². The van der Waals surface area contributed by atoms with E-state index in [0.717, 1.165) is 10.8 Å². The summed E-state index contributed by atoms with van der Waals surface area (Å²) in [7, 11) is 1.61.